The standard InChI is InChI=1S/C20H16FN3O3S/c1-11-19(26)24(2)16-9-12(6-7-17(16)27-11)15-10-28-20(22-15)23-18(25)13-4-3-5-14(21)8-13/h3-11H,1-2H3,(H,22,23,25)/t11-/m0/s1. The second-order valence-corrected chi connectivity index (χ2v) is 7.20. The minimum absolute atomic E-state index is 0.119. The number of carbonyl (C=O) groups is 2. The van der Waals surface area contributed by atoms with E-state index >= 15 is 0 Å². The molecule has 28 heavy (non-hydrogen) atoms. The Labute approximate surface area is 164 Å². The number of ether oxygens (including phenoxy) is 1. The number of benzene rings is 2. The maximum Gasteiger partial charge on any atom is 0.267 e. The number of carbonyl (C=O) groups excluding carboxylic acids is 2. The van der Waals surface area contributed by atoms with Gasteiger partial charge in [-0.15, -0.1) is 11.3 Å². The maximum atomic E-state index is 13.3. The van der Waals surface area contributed by atoms with Gasteiger partial charge in [-0.2, -0.15) is 0 Å². The van der Waals surface area contributed by atoms with Crippen LogP contribution in [0.25, 0.3) is 11.3 Å². The van der Waals surface area contributed by atoms with Crippen LogP contribution in [-0.2, 0) is 4.79 Å². The Morgan fingerprint density at radius 2 is 2.11 bits per heavy atom. The lowest BCUT2D eigenvalue weighted by molar-refractivity contribution is -0.125. The molecule has 0 bridgehead atoms. The molecule has 1 aromatic heterocycles. The van der Waals surface area contributed by atoms with Gasteiger partial charge in [0.05, 0.1) is 11.4 Å². The van der Waals surface area contributed by atoms with E-state index in [1.807, 2.05) is 12.1 Å². The third-order valence-corrected chi connectivity index (χ3v) is 5.17. The molecule has 0 unspecified atom stereocenters. The summed E-state index contributed by atoms with van der Waals surface area (Å²) >= 11 is 1.26. The van der Waals surface area contributed by atoms with Crippen LogP contribution < -0.4 is 15.0 Å². The number of rotatable bonds is 3. The van der Waals surface area contributed by atoms with Crippen LogP contribution >= 0.6 is 11.3 Å². The summed E-state index contributed by atoms with van der Waals surface area (Å²) in [5.41, 5.74) is 2.33. The fourth-order valence-electron chi connectivity index (χ4n) is 2.93. The van der Waals surface area contributed by atoms with Crippen molar-refractivity contribution in [1.82, 2.24) is 4.98 Å². The minimum Gasteiger partial charge on any atom is -0.479 e. The van der Waals surface area contributed by atoms with Gasteiger partial charge in [-0.25, -0.2) is 9.37 Å². The van der Waals surface area contributed by atoms with E-state index in [0.717, 1.165) is 5.56 Å². The minimum atomic E-state index is -0.521. The number of nitrogens with one attached hydrogen (secondary N) is 1. The van der Waals surface area contributed by atoms with Crippen molar-refractivity contribution in [3.63, 3.8) is 0 Å². The first-order valence-electron chi connectivity index (χ1n) is 8.53. The molecular weight excluding hydrogens is 381 g/mol. The van der Waals surface area contributed by atoms with Crippen LogP contribution in [0.4, 0.5) is 15.2 Å². The summed E-state index contributed by atoms with van der Waals surface area (Å²) in [6.07, 6.45) is -0.521. The van der Waals surface area contributed by atoms with E-state index in [9.17, 15) is 14.0 Å². The molecule has 0 fully saturated rings. The zero-order valence-electron chi connectivity index (χ0n) is 15.1. The Kier molecular flexibility index (Phi) is 4.56. The summed E-state index contributed by atoms with van der Waals surface area (Å²) in [7, 11) is 1.70. The van der Waals surface area contributed by atoms with Gasteiger partial charge < -0.3 is 9.64 Å². The van der Waals surface area contributed by atoms with Crippen LogP contribution in [0.15, 0.2) is 47.8 Å². The highest BCUT2D eigenvalue weighted by Crippen LogP contribution is 2.37. The third-order valence-electron chi connectivity index (χ3n) is 4.41. The average molecular weight is 397 g/mol. The van der Waals surface area contributed by atoms with E-state index in [1.165, 1.54) is 35.6 Å². The highest BCUT2D eigenvalue weighted by molar-refractivity contribution is 7.14. The molecule has 0 saturated carbocycles. The quantitative estimate of drug-likeness (QED) is 0.727. The molecule has 1 aliphatic rings. The summed E-state index contributed by atoms with van der Waals surface area (Å²) in [5, 5.41) is 4.87. The van der Waals surface area contributed by atoms with Gasteiger partial charge in [0.2, 0.25) is 0 Å². The van der Waals surface area contributed by atoms with Gasteiger partial charge in [0, 0.05) is 23.6 Å². The first kappa shape index (κ1) is 18.1. The highest BCUT2D eigenvalue weighted by atomic mass is 32.1. The average Bonchev–Trinajstić information content (AvgIpc) is 3.14. The summed E-state index contributed by atoms with van der Waals surface area (Å²) in [6, 6.07) is 10.9. The Hall–Kier alpha value is -3.26. The number of amides is 2. The van der Waals surface area contributed by atoms with E-state index < -0.39 is 17.8 Å². The number of thiazole rings is 1. The predicted molar refractivity (Wildman–Crippen MR) is 105 cm³/mol. The van der Waals surface area contributed by atoms with E-state index in [4.69, 9.17) is 4.74 Å². The number of nitrogens with zero attached hydrogens (tertiary/aromatic N) is 2. The van der Waals surface area contributed by atoms with E-state index in [1.54, 1.807) is 30.3 Å². The second-order valence-electron chi connectivity index (χ2n) is 6.34. The SMILES string of the molecule is C[C@@H]1Oc2ccc(-c3csc(NC(=O)c4cccc(F)c4)n3)cc2N(C)C1=O. The van der Waals surface area contributed by atoms with Gasteiger partial charge in [-0.1, -0.05) is 6.07 Å². The number of hydrogen-bond donors (Lipinski definition) is 1. The molecule has 0 saturated heterocycles. The number of halogens is 1. The largest absolute Gasteiger partial charge is 0.479 e. The van der Waals surface area contributed by atoms with Crippen LogP contribution in [0.3, 0.4) is 0 Å². The molecular formula is C20H16FN3O3S. The lowest BCUT2D eigenvalue weighted by Crippen LogP contribution is -2.41. The number of anilines is 2. The Balaban J connectivity index is 1.57. The molecule has 1 N–H and O–H groups in total. The van der Waals surface area contributed by atoms with Gasteiger partial charge in [-0.05, 0) is 43.3 Å². The van der Waals surface area contributed by atoms with E-state index in [2.05, 4.69) is 10.3 Å². The van der Waals surface area contributed by atoms with Crippen molar-refractivity contribution in [2.45, 2.75) is 13.0 Å². The van der Waals surface area contributed by atoms with Gasteiger partial charge in [-0.3, -0.25) is 14.9 Å². The maximum absolute atomic E-state index is 13.3. The van der Waals surface area contributed by atoms with Crippen molar-refractivity contribution < 1.29 is 18.7 Å². The summed E-state index contributed by atoms with van der Waals surface area (Å²) in [6.45, 7) is 1.71. The van der Waals surface area contributed by atoms with Crippen molar-refractivity contribution >= 4 is 34.0 Å². The van der Waals surface area contributed by atoms with Crippen molar-refractivity contribution in [3.05, 3.63) is 59.2 Å². The number of aromatic nitrogens is 1. The van der Waals surface area contributed by atoms with Crippen LogP contribution in [0.1, 0.15) is 17.3 Å². The number of hydrogen-bond acceptors (Lipinski definition) is 5. The molecule has 8 heteroatoms. The molecule has 2 amide bonds. The molecule has 0 spiro atoms. The normalized spacial score (nSPS) is 15.8. The van der Waals surface area contributed by atoms with Crippen LogP contribution in [-0.4, -0.2) is 29.9 Å². The molecule has 2 heterocycles. The molecule has 1 atom stereocenters. The molecule has 0 aliphatic carbocycles. The molecule has 0 radical (unpaired) electrons. The molecule has 3 aromatic rings. The highest BCUT2D eigenvalue weighted by Gasteiger charge is 2.29. The molecule has 6 nitrogen and oxygen atoms in total. The van der Waals surface area contributed by atoms with E-state index in [0.29, 0.717) is 22.3 Å². The molecule has 1 aliphatic heterocycles. The molecule has 2 aromatic carbocycles. The predicted octanol–water partition coefficient (Wildman–Crippen LogP) is 3.95. The second kappa shape index (κ2) is 7.05. The monoisotopic (exact) mass is 397 g/mol. The summed E-state index contributed by atoms with van der Waals surface area (Å²) in [5.74, 6) is -0.394. The number of likely N-dealkylation sites (N-methyl/N-ethyl adjacent to an activating group) is 1. The Morgan fingerprint density at radius 1 is 1.29 bits per heavy atom. The van der Waals surface area contributed by atoms with Gasteiger partial charge in [0.15, 0.2) is 11.2 Å². The van der Waals surface area contributed by atoms with Crippen LogP contribution in [0.2, 0.25) is 0 Å². The Bertz CT molecular complexity index is 1080. The van der Waals surface area contributed by atoms with E-state index in [-0.39, 0.29) is 11.5 Å². The van der Waals surface area contributed by atoms with Crippen LogP contribution in [0, 0.1) is 5.82 Å². The van der Waals surface area contributed by atoms with Gasteiger partial charge >= 0.3 is 0 Å². The van der Waals surface area contributed by atoms with Crippen molar-refractivity contribution in [2.75, 3.05) is 17.3 Å². The first-order valence-corrected chi connectivity index (χ1v) is 9.41. The lowest BCUT2D eigenvalue weighted by atomic mass is 10.1. The number of fused-ring (bicyclic) bond motifs is 1. The van der Waals surface area contributed by atoms with Crippen molar-refractivity contribution in [3.8, 4) is 17.0 Å². The summed E-state index contributed by atoms with van der Waals surface area (Å²) < 4.78 is 18.9. The van der Waals surface area contributed by atoms with Crippen molar-refractivity contribution in [1.29, 1.82) is 0 Å². The molecule has 4 rings (SSSR count). The van der Waals surface area contributed by atoms with Gasteiger partial charge in [0.1, 0.15) is 11.6 Å². The Morgan fingerprint density at radius 3 is 2.89 bits per heavy atom. The van der Waals surface area contributed by atoms with Gasteiger partial charge in [0.25, 0.3) is 11.8 Å². The zero-order valence-corrected chi connectivity index (χ0v) is 15.9. The molecule has 142 valence electrons. The zero-order chi connectivity index (χ0) is 19.8. The van der Waals surface area contributed by atoms with Crippen molar-refractivity contribution in [2.24, 2.45) is 0 Å². The smallest absolute Gasteiger partial charge is 0.267 e. The van der Waals surface area contributed by atoms with Crippen LogP contribution in [0.5, 0.6) is 5.75 Å². The summed E-state index contributed by atoms with van der Waals surface area (Å²) in [4.78, 5) is 30.4. The lowest BCUT2D eigenvalue weighted by Gasteiger charge is -2.30. The fourth-order valence-corrected chi connectivity index (χ4v) is 3.65. The first-order chi connectivity index (χ1) is 13.4. The fraction of sp³-hybridized carbons (Fsp3) is 0.150. The third kappa shape index (κ3) is 3.34. The topological polar surface area (TPSA) is 71.5 Å².